The molecular formula is C30H31N5O7S. The highest BCUT2D eigenvalue weighted by atomic mass is 32.2. The smallest absolute Gasteiger partial charge is 0.333 e. The fourth-order valence-corrected chi connectivity index (χ4v) is 7.12. The number of nitrogens with zero attached hydrogens (tertiary/aromatic N) is 3. The predicted molar refractivity (Wildman–Crippen MR) is 155 cm³/mol. The van der Waals surface area contributed by atoms with E-state index in [1.165, 1.54) is 24.3 Å². The van der Waals surface area contributed by atoms with Gasteiger partial charge in [0.2, 0.25) is 5.91 Å². The van der Waals surface area contributed by atoms with Crippen molar-refractivity contribution in [3.63, 3.8) is 0 Å². The number of imide groups is 1. The standard InChI is InChI=1S/C30H31N5O7S/c1-30(2)24-11-10-19(42-3)13-23(24)27(37)34(28(30)38)16-25(36)35-15-20(14-31-35)43(40,41)33-29(39)32-26-21-8-4-6-17(21)12-18-7-5-9-22(18)26/h10-15H,4-9,16H2,1-3H3,(H2,32,33,39). The number of methoxy groups -OCH3 is 1. The molecule has 0 atom stereocenters. The van der Waals surface area contributed by atoms with Crippen LogP contribution in [-0.2, 0) is 45.9 Å². The Morgan fingerprint density at radius 1 is 1.02 bits per heavy atom. The number of hydrogen-bond donors (Lipinski definition) is 2. The maximum Gasteiger partial charge on any atom is 0.333 e. The monoisotopic (exact) mass is 605 g/mol. The third kappa shape index (κ3) is 4.86. The minimum Gasteiger partial charge on any atom is -0.497 e. The molecule has 1 aromatic heterocycles. The fourth-order valence-electron chi connectivity index (χ4n) is 6.28. The largest absolute Gasteiger partial charge is 0.497 e. The van der Waals surface area contributed by atoms with Crippen molar-refractivity contribution in [2.24, 2.45) is 0 Å². The van der Waals surface area contributed by atoms with E-state index >= 15 is 0 Å². The lowest BCUT2D eigenvalue weighted by Gasteiger charge is -2.37. The van der Waals surface area contributed by atoms with Crippen LogP contribution in [0.2, 0.25) is 0 Å². The number of nitrogens with one attached hydrogen (secondary N) is 2. The molecule has 2 aliphatic carbocycles. The van der Waals surface area contributed by atoms with E-state index in [1.807, 2.05) is 4.72 Å². The average Bonchev–Trinajstić information content (AvgIpc) is 3.75. The molecule has 0 saturated carbocycles. The molecule has 0 radical (unpaired) electrons. The van der Waals surface area contributed by atoms with E-state index in [0.717, 1.165) is 71.6 Å². The van der Waals surface area contributed by atoms with Gasteiger partial charge in [0.1, 0.15) is 17.2 Å². The number of anilines is 1. The van der Waals surface area contributed by atoms with Gasteiger partial charge in [-0.3, -0.25) is 19.3 Å². The highest BCUT2D eigenvalue weighted by Crippen LogP contribution is 2.39. The second-order valence-corrected chi connectivity index (χ2v) is 13.2. The van der Waals surface area contributed by atoms with Gasteiger partial charge in [0, 0.05) is 11.3 Å². The number of sulfonamides is 1. The van der Waals surface area contributed by atoms with Crippen molar-refractivity contribution in [3.8, 4) is 5.75 Å². The van der Waals surface area contributed by atoms with E-state index in [9.17, 15) is 27.6 Å². The van der Waals surface area contributed by atoms with Gasteiger partial charge >= 0.3 is 6.03 Å². The third-order valence-electron chi connectivity index (χ3n) is 8.51. The van der Waals surface area contributed by atoms with Gasteiger partial charge in [0.25, 0.3) is 21.8 Å². The minimum atomic E-state index is -4.40. The number of rotatable bonds is 6. The number of carbonyl (C=O) groups excluding carboxylic acids is 4. The topological polar surface area (TPSA) is 157 Å². The first-order valence-corrected chi connectivity index (χ1v) is 15.5. The number of aromatic nitrogens is 2. The molecule has 2 N–H and O–H groups in total. The predicted octanol–water partition coefficient (Wildman–Crippen LogP) is 2.98. The quantitative estimate of drug-likeness (QED) is 0.406. The van der Waals surface area contributed by atoms with Crippen molar-refractivity contribution in [2.45, 2.75) is 62.7 Å². The summed E-state index contributed by atoms with van der Waals surface area (Å²) in [6.45, 7) is 2.63. The van der Waals surface area contributed by atoms with Crippen molar-refractivity contribution < 1.29 is 32.3 Å². The number of urea groups is 1. The molecule has 12 nitrogen and oxygen atoms in total. The van der Waals surface area contributed by atoms with Crippen LogP contribution in [0.1, 0.15) is 69.7 Å². The van der Waals surface area contributed by atoms with Crippen molar-refractivity contribution in [1.82, 2.24) is 19.4 Å². The van der Waals surface area contributed by atoms with Crippen LogP contribution in [0, 0.1) is 0 Å². The second kappa shape index (κ2) is 10.3. The van der Waals surface area contributed by atoms with E-state index < -0.39 is 50.6 Å². The Morgan fingerprint density at radius 2 is 1.70 bits per heavy atom. The Kier molecular flexibility index (Phi) is 6.87. The molecule has 43 heavy (non-hydrogen) atoms. The van der Waals surface area contributed by atoms with E-state index in [0.29, 0.717) is 17.0 Å². The number of benzene rings is 2. The Hall–Kier alpha value is -4.52. The van der Waals surface area contributed by atoms with Gasteiger partial charge in [-0.2, -0.15) is 5.10 Å². The third-order valence-corrected chi connectivity index (χ3v) is 9.80. The fraction of sp³-hybridized carbons (Fsp3) is 0.367. The molecule has 3 aliphatic rings. The highest BCUT2D eigenvalue weighted by molar-refractivity contribution is 7.90. The number of aryl methyl sites for hydroxylation is 2. The summed E-state index contributed by atoms with van der Waals surface area (Å²) in [6.07, 6.45) is 7.32. The van der Waals surface area contributed by atoms with Gasteiger partial charge in [-0.05, 0) is 92.3 Å². The maximum absolute atomic E-state index is 13.3. The van der Waals surface area contributed by atoms with Crippen molar-refractivity contribution in [1.29, 1.82) is 0 Å². The molecule has 6 rings (SSSR count). The number of ether oxygens (including phenoxy) is 1. The SMILES string of the molecule is COc1ccc2c(c1)C(=O)N(CC(=O)n1cc(S(=O)(=O)NC(=O)Nc3c4c(cc5c3CCC5)CCC4)cn1)C(=O)C2(C)C. The number of amides is 4. The summed E-state index contributed by atoms with van der Waals surface area (Å²) in [4.78, 5) is 52.9. The van der Waals surface area contributed by atoms with Crippen LogP contribution < -0.4 is 14.8 Å². The molecule has 1 aliphatic heterocycles. The zero-order chi connectivity index (χ0) is 30.7. The van der Waals surface area contributed by atoms with Crippen LogP contribution in [0.3, 0.4) is 0 Å². The molecule has 4 amide bonds. The molecule has 2 aromatic carbocycles. The average molecular weight is 606 g/mol. The van der Waals surface area contributed by atoms with Crippen molar-refractivity contribution >= 4 is 39.5 Å². The van der Waals surface area contributed by atoms with E-state index in [-0.39, 0.29) is 5.56 Å². The number of carbonyl (C=O) groups is 4. The summed E-state index contributed by atoms with van der Waals surface area (Å²) in [6, 6.07) is 6.11. The van der Waals surface area contributed by atoms with Gasteiger partial charge in [-0.25, -0.2) is 22.6 Å². The molecule has 0 unspecified atom stereocenters. The van der Waals surface area contributed by atoms with Gasteiger partial charge in [-0.1, -0.05) is 12.1 Å². The molecule has 2 heterocycles. The van der Waals surface area contributed by atoms with Crippen LogP contribution in [0.15, 0.2) is 41.6 Å². The van der Waals surface area contributed by atoms with E-state index in [2.05, 4.69) is 16.5 Å². The van der Waals surface area contributed by atoms with Crippen LogP contribution in [0.4, 0.5) is 10.5 Å². The first kappa shape index (κ1) is 28.6. The summed E-state index contributed by atoms with van der Waals surface area (Å²) in [5.41, 5.74) is 4.81. The normalized spacial score (nSPS) is 16.9. The highest BCUT2D eigenvalue weighted by Gasteiger charge is 2.45. The maximum atomic E-state index is 13.3. The Balaban J connectivity index is 1.18. The van der Waals surface area contributed by atoms with E-state index in [1.54, 1.807) is 26.0 Å². The first-order valence-electron chi connectivity index (χ1n) is 14.0. The van der Waals surface area contributed by atoms with Crippen LogP contribution >= 0.6 is 0 Å². The van der Waals surface area contributed by atoms with Crippen LogP contribution in [0.25, 0.3) is 0 Å². The zero-order valence-electron chi connectivity index (χ0n) is 24.0. The van der Waals surface area contributed by atoms with Gasteiger partial charge in [0.15, 0.2) is 0 Å². The summed E-state index contributed by atoms with van der Waals surface area (Å²) in [5.74, 6) is -1.65. The van der Waals surface area contributed by atoms with Crippen molar-refractivity contribution in [2.75, 3.05) is 19.0 Å². The first-order chi connectivity index (χ1) is 20.4. The van der Waals surface area contributed by atoms with Gasteiger partial charge in [-0.15, -0.1) is 0 Å². The molecule has 0 fully saturated rings. The molecule has 13 heteroatoms. The van der Waals surface area contributed by atoms with Gasteiger partial charge in [0.05, 0.1) is 24.9 Å². The molecule has 3 aromatic rings. The molecule has 224 valence electrons. The summed E-state index contributed by atoms with van der Waals surface area (Å²) in [7, 11) is -2.95. The molecule has 0 bridgehead atoms. The Bertz CT molecular complexity index is 1790. The zero-order valence-corrected chi connectivity index (χ0v) is 24.8. The molecule has 0 spiro atoms. The minimum absolute atomic E-state index is 0.227. The Morgan fingerprint density at radius 3 is 2.35 bits per heavy atom. The lowest BCUT2D eigenvalue weighted by atomic mass is 9.77. The van der Waals surface area contributed by atoms with E-state index in [4.69, 9.17) is 4.74 Å². The second-order valence-electron chi connectivity index (χ2n) is 11.5. The summed E-state index contributed by atoms with van der Waals surface area (Å²) in [5, 5.41) is 6.61. The number of hydrogen-bond acceptors (Lipinski definition) is 8. The van der Waals surface area contributed by atoms with Crippen LogP contribution in [-0.4, -0.2) is 60.5 Å². The van der Waals surface area contributed by atoms with Gasteiger partial charge < -0.3 is 10.1 Å². The van der Waals surface area contributed by atoms with Crippen molar-refractivity contribution in [3.05, 3.63) is 70.0 Å². The van der Waals surface area contributed by atoms with Crippen LogP contribution in [0.5, 0.6) is 5.75 Å². The lowest BCUT2D eigenvalue weighted by Crippen LogP contribution is -2.53. The Labute approximate surface area is 248 Å². The number of fused-ring (bicyclic) bond motifs is 3. The molecule has 0 saturated heterocycles. The lowest BCUT2D eigenvalue weighted by molar-refractivity contribution is -0.133. The molecular weight excluding hydrogens is 574 g/mol. The summed E-state index contributed by atoms with van der Waals surface area (Å²) >= 11 is 0. The summed E-state index contributed by atoms with van der Waals surface area (Å²) < 4.78 is 34.1.